The Morgan fingerprint density at radius 3 is 0.691 bits per heavy atom. The van der Waals surface area contributed by atoms with Crippen LogP contribution in [0.2, 0.25) is 0 Å². The Morgan fingerprint density at radius 2 is 0.441 bits per heavy atom. The summed E-state index contributed by atoms with van der Waals surface area (Å²) in [4.78, 5) is 2.20. The smallest absolute Gasteiger partial charge is 0.116 e. The van der Waals surface area contributed by atoms with Crippen molar-refractivity contribution >= 4 is 21.6 Å². The van der Waals surface area contributed by atoms with Crippen LogP contribution in [-0.2, 0) is 25.7 Å². The monoisotopic (exact) mass is 906 g/mol. The van der Waals surface area contributed by atoms with E-state index in [1.807, 2.05) is 24.3 Å². The minimum absolute atomic E-state index is 0.246. The van der Waals surface area contributed by atoms with E-state index in [0.717, 1.165) is 80.0 Å². The van der Waals surface area contributed by atoms with Crippen molar-refractivity contribution in [2.24, 2.45) is 0 Å². The van der Waals surface area contributed by atoms with Gasteiger partial charge in [0.2, 0.25) is 0 Å². The van der Waals surface area contributed by atoms with Gasteiger partial charge >= 0.3 is 0 Å². The van der Waals surface area contributed by atoms with E-state index in [2.05, 4.69) is 170 Å². The molecule has 2 nitrogen and oxygen atoms in total. The van der Waals surface area contributed by atoms with Crippen LogP contribution in [0.5, 0.6) is 11.5 Å². The lowest BCUT2D eigenvalue weighted by atomic mass is 9.90. The van der Waals surface area contributed by atoms with Crippen molar-refractivity contribution in [1.82, 2.24) is 0 Å². The highest BCUT2D eigenvalue weighted by atomic mass is 33.1. The number of rotatable bonds is 7. The molecule has 0 unspecified atom stereocenters. The molecule has 4 aliphatic rings. The van der Waals surface area contributed by atoms with Crippen molar-refractivity contribution in [2.45, 2.75) is 35.5 Å². The van der Waals surface area contributed by atoms with Gasteiger partial charge in [0.1, 0.15) is 11.5 Å². The first-order valence-corrected chi connectivity index (χ1v) is 25.6. The molecule has 0 bridgehead atoms. The maximum Gasteiger partial charge on any atom is 0.116 e. The van der Waals surface area contributed by atoms with Gasteiger partial charge in [0.05, 0.1) is 0 Å². The molecule has 0 aliphatic heterocycles. The minimum Gasteiger partial charge on any atom is -0.508 e. The van der Waals surface area contributed by atoms with E-state index < -0.39 is 0 Å². The van der Waals surface area contributed by atoms with E-state index in [0.29, 0.717) is 0 Å². The van der Waals surface area contributed by atoms with E-state index in [-0.39, 0.29) is 11.5 Å². The molecule has 4 aliphatic carbocycles. The molecule has 0 amide bonds. The fraction of sp³-hybridized carbons (Fsp3) is 0.0625. The quantitative estimate of drug-likeness (QED) is 0.156. The molecule has 0 aromatic heterocycles. The standard InChI is InChI=1S/C64H42O2S2/c65-41-33-59(51-25-9-21-47-43-17-5-1-13-37(43)29-55(47)51)63(60(34-41)52-26-10-22-48-44-18-6-2-14-38(44)30-56(48)52)67-68-64-61(53-27-11-23-49-45-19-7-3-15-39(45)31-57(49)53)35-42(66)36-62(64)54-28-12-24-50-46-20-8-4-16-40(46)32-58(50)54/h1-28,33-36,65-66H,29-32H2. The van der Waals surface area contributed by atoms with Crippen LogP contribution >= 0.6 is 21.6 Å². The molecular weight excluding hydrogens is 865 g/mol. The lowest BCUT2D eigenvalue weighted by Gasteiger charge is -2.22. The average molecular weight is 907 g/mol. The number of phenols is 2. The third-order valence-corrected chi connectivity index (χ3v) is 17.5. The number of phenolic OH excluding ortho intramolecular Hbond substituents is 2. The van der Waals surface area contributed by atoms with Crippen LogP contribution in [0.4, 0.5) is 0 Å². The Bertz CT molecular complexity index is 3300. The first kappa shape index (κ1) is 39.6. The zero-order chi connectivity index (χ0) is 45.0. The number of hydrogen-bond acceptors (Lipinski definition) is 4. The third kappa shape index (κ3) is 6.14. The summed E-state index contributed by atoms with van der Waals surface area (Å²) in [6.45, 7) is 0. The largest absolute Gasteiger partial charge is 0.508 e. The molecule has 0 radical (unpaired) electrons. The Labute approximate surface area is 404 Å². The second-order valence-electron chi connectivity index (χ2n) is 18.6. The Balaban J connectivity index is 0.998. The lowest BCUT2D eigenvalue weighted by Crippen LogP contribution is -1.96. The zero-order valence-electron chi connectivity index (χ0n) is 37.0. The third-order valence-electron chi connectivity index (χ3n) is 14.9. The minimum atomic E-state index is 0.246. The van der Waals surface area contributed by atoms with Crippen LogP contribution in [0.15, 0.2) is 204 Å². The number of benzene rings is 10. The van der Waals surface area contributed by atoms with Crippen molar-refractivity contribution in [1.29, 1.82) is 0 Å². The fourth-order valence-electron chi connectivity index (χ4n) is 11.9. The van der Waals surface area contributed by atoms with Gasteiger partial charge in [0, 0.05) is 32.0 Å². The summed E-state index contributed by atoms with van der Waals surface area (Å²) in [5.41, 5.74) is 29.2. The Kier molecular flexibility index (Phi) is 9.06. The number of hydrogen-bond donors (Lipinski definition) is 2. The summed E-state index contributed by atoms with van der Waals surface area (Å²) in [5.74, 6) is 0.492. The fourth-order valence-corrected chi connectivity index (χ4v) is 14.7. The van der Waals surface area contributed by atoms with Crippen molar-refractivity contribution in [3.8, 4) is 101 Å². The summed E-state index contributed by atoms with van der Waals surface area (Å²) in [6.07, 6.45) is 3.31. The van der Waals surface area contributed by atoms with Crippen LogP contribution in [0.1, 0.15) is 44.5 Å². The van der Waals surface area contributed by atoms with Crippen LogP contribution in [-0.4, -0.2) is 10.2 Å². The first-order chi connectivity index (χ1) is 33.5. The van der Waals surface area contributed by atoms with Gasteiger partial charge in [0.25, 0.3) is 0 Å². The lowest BCUT2D eigenvalue weighted by molar-refractivity contribution is 0.475. The van der Waals surface area contributed by atoms with E-state index in [9.17, 15) is 10.2 Å². The van der Waals surface area contributed by atoms with Crippen molar-refractivity contribution in [2.75, 3.05) is 0 Å². The van der Waals surface area contributed by atoms with Gasteiger partial charge in [0.15, 0.2) is 0 Å². The predicted octanol–water partition coefficient (Wildman–Crippen LogP) is 16.8. The Hall–Kier alpha value is -7.50. The molecular formula is C64H42O2S2. The summed E-state index contributed by atoms with van der Waals surface area (Å²) in [5, 5.41) is 23.9. The van der Waals surface area contributed by atoms with Crippen molar-refractivity contribution in [3.05, 3.63) is 239 Å². The van der Waals surface area contributed by atoms with E-state index in [4.69, 9.17) is 0 Å². The average Bonchev–Trinajstić information content (AvgIpc) is 4.16. The van der Waals surface area contributed by atoms with Crippen molar-refractivity contribution < 1.29 is 10.2 Å². The highest BCUT2D eigenvalue weighted by molar-refractivity contribution is 8.76. The van der Waals surface area contributed by atoms with Crippen LogP contribution in [0, 0.1) is 0 Å². The van der Waals surface area contributed by atoms with Gasteiger partial charge in [-0.3, -0.25) is 0 Å². The highest BCUT2D eigenvalue weighted by Gasteiger charge is 2.31. The summed E-state index contributed by atoms with van der Waals surface area (Å²) < 4.78 is 0. The van der Waals surface area contributed by atoms with E-state index in [1.165, 1.54) is 89.0 Å². The van der Waals surface area contributed by atoms with Gasteiger partial charge in [-0.2, -0.15) is 0 Å². The maximum atomic E-state index is 12.0. The van der Waals surface area contributed by atoms with Crippen LogP contribution in [0.3, 0.4) is 0 Å². The molecule has 0 atom stereocenters. The molecule has 0 saturated carbocycles. The van der Waals surface area contributed by atoms with E-state index >= 15 is 0 Å². The second kappa shape index (κ2) is 15.5. The molecule has 2 N–H and O–H groups in total. The second-order valence-corrected chi connectivity index (χ2v) is 20.7. The van der Waals surface area contributed by atoms with Gasteiger partial charge in [-0.15, -0.1) is 0 Å². The summed E-state index contributed by atoms with van der Waals surface area (Å²) >= 11 is 0. The topological polar surface area (TPSA) is 40.5 Å². The molecule has 10 aromatic carbocycles. The van der Waals surface area contributed by atoms with Gasteiger partial charge in [-0.25, -0.2) is 0 Å². The maximum absolute atomic E-state index is 12.0. The molecule has 4 heteroatoms. The van der Waals surface area contributed by atoms with Gasteiger partial charge in [-0.1, -0.05) is 191 Å². The zero-order valence-corrected chi connectivity index (χ0v) is 38.6. The molecule has 68 heavy (non-hydrogen) atoms. The normalized spacial score (nSPS) is 13.0. The summed E-state index contributed by atoms with van der Waals surface area (Å²) in [7, 11) is 3.55. The van der Waals surface area contributed by atoms with Crippen LogP contribution in [0.25, 0.3) is 89.0 Å². The van der Waals surface area contributed by atoms with Gasteiger partial charge < -0.3 is 10.2 Å². The van der Waals surface area contributed by atoms with Gasteiger partial charge in [-0.05, 0) is 161 Å². The molecule has 0 spiro atoms. The predicted molar refractivity (Wildman–Crippen MR) is 283 cm³/mol. The molecule has 0 saturated heterocycles. The number of aromatic hydroxyl groups is 2. The molecule has 0 fully saturated rings. The molecule has 322 valence electrons. The van der Waals surface area contributed by atoms with E-state index in [1.54, 1.807) is 21.6 Å². The first-order valence-electron chi connectivity index (χ1n) is 23.4. The SMILES string of the molecule is Oc1cc(-c2cccc3c2Cc2ccccc2-3)c(SSc2c(-c3cccc4c3Cc3ccccc3-4)cc(O)cc2-c2cccc3c2Cc2ccccc2-3)c(-c2cccc3c2Cc2ccccc2-3)c1. The molecule has 10 aromatic rings. The molecule has 14 rings (SSSR count). The Morgan fingerprint density at radius 1 is 0.235 bits per heavy atom. The highest BCUT2D eigenvalue weighted by Crippen LogP contribution is 2.57. The molecule has 0 heterocycles. The van der Waals surface area contributed by atoms with Crippen LogP contribution < -0.4 is 0 Å². The van der Waals surface area contributed by atoms with Crippen molar-refractivity contribution in [3.63, 3.8) is 0 Å². The summed E-state index contributed by atoms with van der Waals surface area (Å²) in [6, 6.07) is 69.7. The number of fused-ring (bicyclic) bond motifs is 12.